The van der Waals surface area contributed by atoms with Gasteiger partial charge in [0.15, 0.2) is 10.9 Å². The molecule has 108 valence electrons. The Hall–Kier alpha value is -1.84. The van der Waals surface area contributed by atoms with Crippen LogP contribution in [0, 0.1) is 0 Å². The molecule has 2 rings (SSSR count). The third kappa shape index (κ3) is 3.59. The molecule has 0 aliphatic heterocycles. The Morgan fingerprint density at radius 1 is 1.35 bits per heavy atom. The van der Waals surface area contributed by atoms with Crippen molar-refractivity contribution in [3.05, 3.63) is 36.0 Å². The SMILES string of the molecule is Cn1cnc(CCNS(=O)(=O)c2ccc(CO)cn2)n1. The lowest BCUT2D eigenvalue weighted by atomic mass is 10.3. The summed E-state index contributed by atoms with van der Waals surface area (Å²) in [7, 11) is -1.91. The minimum Gasteiger partial charge on any atom is -0.392 e. The van der Waals surface area contributed by atoms with E-state index in [4.69, 9.17) is 5.11 Å². The number of nitrogens with zero attached hydrogens (tertiary/aromatic N) is 4. The molecule has 0 fully saturated rings. The molecule has 2 heterocycles. The van der Waals surface area contributed by atoms with Crippen LogP contribution in [0.25, 0.3) is 0 Å². The van der Waals surface area contributed by atoms with Gasteiger partial charge in [-0.05, 0) is 11.6 Å². The highest BCUT2D eigenvalue weighted by atomic mass is 32.2. The van der Waals surface area contributed by atoms with Crippen LogP contribution in [-0.4, -0.2) is 39.8 Å². The highest BCUT2D eigenvalue weighted by Gasteiger charge is 2.15. The predicted molar refractivity (Wildman–Crippen MR) is 70.1 cm³/mol. The van der Waals surface area contributed by atoms with Gasteiger partial charge in [0, 0.05) is 26.2 Å². The topological polar surface area (TPSA) is 110 Å². The largest absolute Gasteiger partial charge is 0.392 e. The van der Waals surface area contributed by atoms with Crippen LogP contribution < -0.4 is 4.72 Å². The van der Waals surface area contributed by atoms with Crippen molar-refractivity contribution < 1.29 is 13.5 Å². The fraction of sp³-hybridized carbons (Fsp3) is 0.364. The van der Waals surface area contributed by atoms with Gasteiger partial charge in [-0.3, -0.25) is 4.68 Å². The summed E-state index contributed by atoms with van der Waals surface area (Å²) in [6.45, 7) is 0.0158. The van der Waals surface area contributed by atoms with Crippen molar-refractivity contribution in [2.45, 2.75) is 18.1 Å². The molecule has 0 spiro atoms. The summed E-state index contributed by atoms with van der Waals surface area (Å²) in [4.78, 5) is 7.81. The molecule has 0 aromatic carbocycles. The van der Waals surface area contributed by atoms with E-state index in [0.717, 1.165) is 0 Å². The van der Waals surface area contributed by atoms with E-state index >= 15 is 0 Å². The number of sulfonamides is 1. The highest BCUT2D eigenvalue weighted by molar-refractivity contribution is 7.89. The number of aromatic nitrogens is 4. The molecule has 20 heavy (non-hydrogen) atoms. The molecule has 0 bridgehead atoms. The van der Waals surface area contributed by atoms with Gasteiger partial charge in [0.1, 0.15) is 6.33 Å². The Bertz CT molecular complexity index is 666. The molecule has 2 aromatic heterocycles. The summed E-state index contributed by atoms with van der Waals surface area (Å²) < 4.78 is 27.9. The van der Waals surface area contributed by atoms with E-state index in [9.17, 15) is 8.42 Å². The monoisotopic (exact) mass is 297 g/mol. The van der Waals surface area contributed by atoms with Gasteiger partial charge in [-0.25, -0.2) is 23.1 Å². The van der Waals surface area contributed by atoms with E-state index < -0.39 is 10.0 Å². The van der Waals surface area contributed by atoms with Crippen molar-refractivity contribution in [3.8, 4) is 0 Å². The van der Waals surface area contributed by atoms with Crippen molar-refractivity contribution in [3.63, 3.8) is 0 Å². The Morgan fingerprint density at radius 3 is 2.70 bits per heavy atom. The van der Waals surface area contributed by atoms with Gasteiger partial charge >= 0.3 is 0 Å². The molecule has 9 heteroatoms. The second-order valence-corrected chi connectivity index (χ2v) is 5.86. The van der Waals surface area contributed by atoms with Gasteiger partial charge in [0.2, 0.25) is 0 Å². The third-order valence-electron chi connectivity index (χ3n) is 2.54. The summed E-state index contributed by atoms with van der Waals surface area (Å²) in [5, 5.41) is 12.9. The van der Waals surface area contributed by atoms with Crippen molar-refractivity contribution in [2.75, 3.05) is 6.54 Å². The Kier molecular flexibility index (Phi) is 4.42. The van der Waals surface area contributed by atoms with Gasteiger partial charge in [0.25, 0.3) is 10.0 Å². The van der Waals surface area contributed by atoms with Gasteiger partial charge in [-0.15, -0.1) is 0 Å². The summed E-state index contributed by atoms with van der Waals surface area (Å²) in [5.41, 5.74) is 0.557. The number of hydrogen-bond donors (Lipinski definition) is 2. The molecule has 0 atom stereocenters. The maximum absolute atomic E-state index is 11.9. The molecule has 0 saturated heterocycles. The lowest BCUT2D eigenvalue weighted by Gasteiger charge is -2.05. The minimum absolute atomic E-state index is 0.0799. The van der Waals surface area contributed by atoms with Crippen molar-refractivity contribution in [2.24, 2.45) is 7.05 Å². The van der Waals surface area contributed by atoms with Gasteiger partial charge in [0.05, 0.1) is 6.61 Å². The Morgan fingerprint density at radius 2 is 2.15 bits per heavy atom. The maximum Gasteiger partial charge on any atom is 0.258 e. The van der Waals surface area contributed by atoms with Crippen LogP contribution in [0.15, 0.2) is 29.7 Å². The van der Waals surface area contributed by atoms with E-state index in [-0.39, 0.29) is 18.2 Å². The smallest absolute Gasteiger partial charge is 0.258 e. The van der Waals surface area contributed by atoms with Crippen molar-refractivity contribution >= 4 is 10.0 Å². The van der Waals surface area contributed by atoms with Gasteiger partial charge in [-0.2, -0.15) is 5.10 Å². The van der Waals surface area contributed by atoms with Crippen LogP contribution in [0.4, 0.5) is 0 Å². The fourth-order valence-corrected chi connectivity index (χ4v) is 2.49. The molecular formula is C11H15N5O3S. The maximum atomic E-state index is 11.9. The molecule has 2 N–H and O–H groups in total. The second kappa shape index (κ2) is 6.07. The average Bonchev–Trinajstić information content (AvgIpc) is 2.84. The van der Waals surface area contributed by atoms with Gasteiger partial charge in [-0.1, -0.05) is 6.07 Å². The molecule has 0 amide bonds. The molecule has 0 aliphatic carbocycles. The molecule has 8 nitrogen and oxygen atoms in total. The van der Waals surface area contributed by atoms with Crippen molar-refractivity contribution in [1.29, 1.82) is 0 Å². The normalized spacial score (nSPS) is 11.7. The van der Waals surface area contributed by atoms with Crippen LogP contribution in [-0.2, 0) is 30.1 Å². The Balaban J connectivity index is 1.96. The number of rotatable bonds is 6. The third-order valence-corrected chi connectivity index (χ3v) is 3.92. The van der Waals surface area contributed by atoms with Crippen LogP contribution in [0.5, 0.6) is 0 Å². The minimum atomic E-state index is -3.65. The molecule has 0 aliphatic rings. The first-order chi connectivity index (χ1) is 9.51. The van der Waals surface area contributed by atoms with Crippen molar-refractivity contribution in [1.82, 2.24) is 24.5 Å². The summed E-state index contributed by atoms with van der Waals surface area (Å²) in [5.74, 6) is 0.568. The molecular weight excluding hydrogens is 282 g/mol. The lowest BCUT2D eigenvalue weighted by Crippen LogP contribution is -2.27. The molecule has 0 radical (unpaired) electrons. The fourth-order valence-electron chi connectivity index (χ4n) is 1.53. The predicted octanol–water partition coefficient (Wildman–Crippen LogP) is -0.777. The molecule has 0 saturated carbocycles. The zero-order valence-corrected chi connectivity index (χ0v) is 11.7. The zero-order valence-electron chi connectivity index (χ0n) is 10.9. The lowest BCUT2D eigenvalue weighted by molar-refractivity contribution is 0.281. The molecule has 0 unspecified atom stereocenters. The standard InChI is InChI=1S/C11H15N5O3S/c1-16-8-13-10(15-16)4-5-14-20(18,19)11-3-2-9(7-17)6-12-11/h2-3,6,8,14,17H,4-5,7H2,1H3. The van der Waals surface area contributed by atoms with E-state index in [1.807, 2.05) is 0 Å². The van der Waals surface area contributed by atoms with Gasteiger partial charge < -0.3 is 5.11 Å². The van der Waals surface area contributed by atoms with Crippen LogP contribution in [0.3, 0.4) is 0 Å². The number of aryl methyl sites for hydroxylation is 1. The zero-order chi connectivity index (χ0) is 14.6. The van der Waals surface area contributed by atoms with Crippen LogP contribution in [0.1, 0.15) is 11.4 Å². The van der Waals surface area contributed by atoms with E-state index in [1.165, 1.54) is 18.3 Å². The first-order valence-electron chi connectivity index (χ1n) is 5.91. The highest BCUT2D eigenvalue weighted by Crippen LogP contribution is 2.06. The number of pyridine rings is 1. The number of hydrogen-bond acceptors (Lipinski definition) is 6. The summed E-state index contributed by atoms with van der Waals surface area (Å²) >= 11 is 0. The second-order valence-electron chi connectivity index (χ2n) is 4.15. The average molecular weight is 297 g/mol. The van der Waals surface area contributed by atoms with Crippen LogP contribution in [0.2, 0.25) is 0 Å². The molecule has 2 aromatic rings. The summed E-state index contributed by atoms with van der Waals surface area (Å²) in [6.07, 6.45) is 3.28. The number of nitrogens with one attached hydrogen (secondary N) is 1. The van der Waals surface area contributed by atoms with E-state index in [0.29, 0.717) is 17.8 Å². The Labute approximate surface area is 116 Å². The van der Waals surface area contributed by atoms with Crippen LogP contribution >= 0.6 is 0 Å². The quantitative estimate of drug-likeness (QED) is 0.724. The van der Waals surface area contributed by atoms with E-state index in [1.54, 1.807) is 18.1 Å². The number of aliphatic hydroxyl groups excluding tert-OH is 1. The first-order valence-corrected chi connectivity index (χ1v) is 7.39. The number of aliphatic hydroxyl groups is 1. The van der Waals surface area contributed by atoms with E-state index in [2.05, 4.69) is 19.8 Å². The summed E-state index contributed by atoms with van der Waals surface area (Å²) in [6, 6.07) is 2.87. The first kappa shape index (κ1) is 14.6.